The number of benzene rings is 1. The summed E-state index contributed by atoms with van der Waals surface area (Å²) in [6.07, 6.45) is 7.28. The van der Waals surface area contributed by atoms with E-state index in [9.17, 15) is 14.4 Å². The number of thiol groups is 1. The number of ether oxygens (including phenoxy) is 1. The SMILES string of the molecule is CCCCCN(C(=O)C(CS)NC(=O)OC(C)(C)C)C(C(=O)NC1CCCCC1)c1ccc(C)cc1C. The van der Waals surface area contributed by atoms with E-state index in [-0.39, 0.29) is 23.6 Å². The number of hydrogen-bond acceptors (Lipinski definition) is 5. The Bertz CT molecular complexity index is 909. The monoisotopic (exact) mass is 533 g/mol. The van der Waals surface area contributed by atoms with Crippen LogP contribution in [0.5, 0.6) is 0 Å². The van der Waals surface area contributed by atoms with Gasteiger partial charge in [-0.15, -0.1) is 0 Å². The van der Waals surface area contributed by atoms with Crippen molar-refractivity contribution in [2.75, 3.05) is 12.3 Å². The lowest BCUT2D eigenvalue weighted by Crippen LogP contribution is -2.54. The second-order valence-corrected chi connectivity index (χ2v) is 11.6. The largest absolute Gasteiger partial charge is 0.444 e. The summed E-state index contributed by atoms with van der Waals surface area (Å²) < 4.78 is 5.39. The smallest absolute Gasteiger partial charge is 0.408 e. The van der Waals surface area contributed by atoms with Crippen LogP contribution in [-0.2, 0) is 14.3 Å². The molecule has 0 aliphatic heterocycles. The maximum atomic E-state index is 14.0. The molecule has 0 bridgehead atoms. The molecule has 0 aromatic heterocycles. The van der Waals surface area contributed by atoms with Crippen LogP contribution < -0.4 is 10.6 Å². The second kappa shape index (κ2) is 14.6. The molecule has 1 saturated carbocycles. The second-order valence-electron chi connectivity index (χ2n) is 11.2. The predicted molar refractivity (Wildman–Crippen MR) is 152 cm³/mol. The fraction of sp³-hybridized carbons (Fsp3) is 0.690. The van der Waals surface area contributed by atoms with Gasteiger partial charge in [0.25, 0.3) is 0 Å². The molecule has 37 heavy (non-hydrogen) atoms. The van der Waals surface area contributed by atoms with Gasteiger partial charge in [0, 0.05) is 18.3 Å². The molecule has 0 saturated heterocycles. The molecule has 2 unspecified atom stereocenters. The van der Waals surface area contributed by atoms with Gasteiger partial charge < -0.3 is 20.3 Å². The third kappa shape index (κ3) is 9.87. The summed E-state index contributed by atoms with van der Waals surface area (Å²) in [5, 5.41) is 5.93. The molecule has 7 nitrogen and oxygen atoms in total. The minimum atomic E-state index is -0.921. The first-order valence-corrected chi connectivity index (χ1v) is 14.4. The van der Waals surface area contributed by atoms with Gasteiger partial charge >= 0.3 is 6.09 Å². The Labute approximate surface area is 228 Å². The molecule has 1 fully saturated rings. The van der Waals surface area contributed by atoms with Crippen molar-refractivity contribution >= 4 is 30.5 Å². The van der Waals surface area contributed by atoms with Crippen molar-refractivity contribution in [2.24, 2.45) is 0 Å². The highest BCUT2D eigenvalue weighted by Gasteiger charge is 2.37. The topological polar surface area (TPSA) is 87.7 Å². The van der Waals surface area contributed by atoms with Crippen LogP contribution >= 0.6 is 12.6 Å². The summed E-state index contributed by atoms with van der Waals surface area (Å²) in [5.41, 5.74) is 2.16. The highest BCUT2D eigenvalue weighted by atomic mass is 32.1. The minimum Gasteiger partial charge on any atom is -0.444 e. The van der Waals surface area contributed by atoms with E-state index < -0.39 is 23.8 Å². The molecule has 2 rings (SSSR count). The molecule has 2 atom stereocenters. The Morgan fingerprint density at radius 2 is 1.78 bits per heavy atom. The van der Waals surface area contributed by atoms with Crippen LogP contribution in [0.25, 0.3) is 0 Å². The molecule has 0 spiro atoms. The zero-order chi connectivity index (χ0) is 27.6. The normalized spacial score (nSPS) is 16.0. The summed E-state index contributed by atoms with van der Waals surface area (Å²) in [7, 11) is 0. The van der Waals surface area contributed by atoms with Crippen molar-refractivity contribution in [1.29, 1.82) is 0 Å². The lowest BCUT2D eigenvalue weighted by molar-refractivity contribution is -0.142. The fourth-order valence-corrected chi connectivity index (χ4v) is 5.09. The van der Waals surface area contributed by atoms with E-state index in [1.54, 1.807) is 25.7 Å². The van der Waals surface area contributed by atoms with Crippen LogP contribution in [0.3, 0.4) is 0 Å². The Morgan fingerprint density at radius 3 is 2.35 bits per heavy atom. The predicted octanol–water partition coefficient (Wildman–Crippen LogP) is 5.64. The molecular formula is C29H47N3O4S. The zero-order valence-electron chi connectivity index (χ0n) is 23.6. The Balaban J connectivity index is 2.44. The van der Waals surface area contributed by atoms with Crippen LogP contribution in [0.15, 0.2) is 18.2 Å². The van der Waals surface area contributed by atoms with Gasteiger partial charge in [-0.05, 0) is 65.0 Å². The first-order valence-electron chi connectivity index (χ1n) is 13.7. The Kier molecular flexibility index (Phi) is 12.3. The van der Waals surface area contributed by atoms with Gasteiger partial charge in [0.05, 0.1) is 0 Å². The van der Waals surface area contributed by atoms with E-state index in [1.807, 2.05) is 32.0 Å². The summed E-state index contributed by atoms with van der Waals surface area (Å²) in [4.78, 5) is 42.1. The van der Waals surface area contributed by atoms with Crippen LogP contribution in [0.2, 0.25) is 0 Å². The van der Waals surface area contributed by atoms with Crippen molar-refractivity contribution in [1.82, 2.24) is 15.5 Å². The van der Waals surface area contributed by atoms with E-state index in [1.165, 1.54) is 6.42 Å². The van der Waals surface area contributed by atoms with E-state index in [0.717, 1.165) is 61.6 Å². The Hall–Kier alpha value is -2.22. The third-order valence-corrected chi connectivity index (χ3v) is 7.05. The van der Waals surface area contributed by atoms with Crippen LogP contribution in [0.1, 0.15) is 102 Å². The number of amides is 3. The average molecular weight is 534 g/mol. The van der Waals surface area contributed by atoms with E-state index >= 15 is 0 Å². The molecule has 208 valence electrons. The van der Waals surface area contributed by atoms with Gasteiger partial charge in [-0.2, -0.15) is 12.6 Å². The molecular weight excluding hydrogens is 486 g/mol. The van der Waals surface area contributed by atoms with Crippen molar-refractivity contribution in [3.63, 3.8) is 0 Å². The van der Waals surface area contributed by atoms with Crippen LogP contribution in [0.4, 0.5) is 4.79 Å². The summed E-state index contributed by atoms with van der Waals surface area (Å²) >= 11 is 4.37. The van der Waals surface area contributed by atoms with Gasteiger partial charge in [0.2, 0.25) is 11.8 Å². The van der Waals surface area contributed by atoms with Crippen molar-refractivity contribution in [3.8, 4) is 0 Å². The fourth-order valence-electron chi connectivity index (χ4n) is 4.84. The van der Waals surface area contributed by atoms with E-state index in [4.69, 9.17) is 4.74 Å². The standard InChI is InChI=1S/C29H47N3O4S/c1-7-8-12-17-32(27(34)24(19-37)31-28(35)36-29(4,5)6)25(23-16-15-20(2)18-21(23)3)26(33)30-22-13-10-9-11-14-22/h15-16,18,22,24-25,37H,7-14,17,19H2,1-6H3,(H,30,33)(H,31,35). The van der Waals surface area contributed by atoms with Gasteiger partial charge in [0.15, 0.2) is 0 Å². The van der Waals surface area contributed by atoms with Crippen molar-refractivity contribution in [3.05, 3.63) is 34.9 Å². The quantitative estimate of drug-likeness (QED) is 0.254. The molecule has 0 heterocycles. The van der Waals surface area contributed by atoms with Gasteiger partial charge in [-0.3, -0.25) is 9.59 Å². The van der Waals surface area contributed by atoms with Gasteiger partial charge in [-0.25, -0.2) is 4.79 Å². The number of nitrogens with zero attached hydrogens (tertiary/aromatic N) is 1. The minimum absolute atomic E-state index is 0.0895. The third-order valence-electron chi connectivity index (χ3n) is 6.69. The first-order chi connectivity index (χ1) is 17.5. The van der Waals surface area contributed by atoms with Gasteiger partial charge in [0.1, 0.15) is 17.7 Å². The molecule has 3 amide bonds. The molecule has 1 aromatic carbocycles. The van der Waals surface area contributed by atoms with Crippen LogP contribution in [-0.4, -0.2) is 52.8 Å². The number of rotatable bonds is 11. The number of alkyl carbamates (subject to hydrolysis) is 1. The number of hydrogen-bond donors (Lipinski definition) is 3. The lowest BCUT2D eigenvalue weighted by Gasteiger charge is -2.36. The highest BCUT2D eigenvalue weighted by molar-refractivity contribution is 7.80. The number of carbonyl (C=O) groups is 3. The number of carbonyl (C=O) groups excluding carboxylic acids is 3. The molecule has 1 aliphatic rings. The Morgan fingerprint density at radius 1 is 1.11 bits per heavy atom. The maximum absolute atomic E-state index is 14.0. The maximum Gasteiger partial charge on any atom is 0.408 e. The molecule has 2 N–H and O–H groups in total. The summed E-state index contributed by atoms with van der Waals surface area (Å²) in [6, 6.07) is 4.37. The van der Waals surface area contributed by atoms with Crippen molar-refractivity contribution in [2.45, 2.75) is 117 Å². The van der Waals surface area contributed by atoms with Gasteiger partial charge in [-0.1, -0.05) is 62.8 Å². The molecule has 0 radical (unpaired) electrons. The summed E-state index contributed by atoms with van der Waals surface area (Å²) in [6.45, 7) is 11.8. The molecule has 8 heteroatoms. The number of unbranched alkanes of at least 4 members (excludes halogenated alkanes) is 2. The highest BCUT2D eigenvalue weighted by Crippen LogP contribution is 2.28. The molecule has 1 aliphatic carbocycles. The molecule has 1 aromatic rings. The number of aryl methyl sites for hydroxylation is 2. The van der Waals surface area contributed by atoms with E-state index in [2.05, 4.69) is 30.2 Å². The lowest BCUT2D eigenvalue weighted by atomic mass is 9.93. The summed E-state index contributed by atoms with van der Waals surface area (Å²) in [5.74, 6) is -0.411. The number of nitrogens with one attached hydrogen (secondary N) is 2. The average Bonchev–Trinajstić information content (AvgIpc) is 2.82. The first kappa shape index (κ1) is 31.0. The van der Waals surface area contributed by atoms with E-state index in [0.29, 0.717) is 6.54 Å². The zero-order valence-corrected chi connectivity index (χ0v) is 24.5. The van der Waals surface area contributed by atoms with Crippen molar-refractivity contribution < 1.29 is 19.1 Å². The van der Waals surface area contributed by atoms with Crippen LogP contribution in [0, 0.1) is 13.8 Å².